The van der Waals surface area contributed by atoms with Crippen LogP contribution in [0.3, 0.4) is 0 Å². The predicted octanol–water partition coefficient (Wildman–Crippen LogP) is 4.51. The molecule has 3 rings (SSSR count). The molecule has 0 atom stereocenters. The maximum absolute atomic E-state index is 11.4. The third kappa shape index (κ3) is 4.41. The van der Waals surface area contributed by atoms with Crippen molar-refractivity contribution in [1.29, 1.82) is 0 Å². The Bertz CT molecular complexity index is 879. The fourth-order valence-corrected chi connectivity index (χ4v) is 2.38. The first-order valence-electron chi connectivity index (χ1n) is 8.13. The minimum absolute atomic E-state index is 0.263. The number of hydrogen-bond donors (Lipinski definition) is 1. The summed E-state index contributed by atoms with van der Waals surface area (Å²) in [6.07, 6.45) is 0.337. The first-order chi connectivity index (χ1) is 12.1. The summed E-state index contributed by atoms with van der Waals surface area (Å²) >= 11 is 0. The normalized spacial score (nSPS) is 10.3. The Morgan fingerprint density at radius 1 is 1.04 bits per heavy atom. The lowest BCUT2D eigenvalue weighted by Gasteiger charge is -2.10. The third-order valence-electron chi connectivity index (χ3n) is 3.53. The van der Waals surface area contributed by atoms with Crippen LogP contribution in [0.4, 0.5) is 11.5 Å². The van der Waals surface area contributed by atoms with E-state index >= 15 is 0 Å². The number of anilines is 2. The molecule has 0 bridgehead atoms. The second-order valence-corrected chi connectivity index (χ2v) is 5.53. The van der Waals surface area contributed by atoms with Crippen LogP contribution in [0, 0.1) is 6.92 Å². The fourth-order valence-electron chi connectivity index (χ4n) is 2.38. The van der Waals surface area contributed by atoms with Crippen LogP contribution in [0.2, 0.25) is 0 Å². The number of rotatable bonds is 5. The van der Waals surface area contributed by atoms with Gasteiger partial charge in [-0.1, -0.05) is 43.3 Å². The number of nitrogens with one attached hydrogen (secondary N) is 1. The lowest BCUT2D eigenvalue weighted by atomic mass is 10.1. The van der Waals surface area contributed by atoms with E-state index in [-0.39, 0.29) is 5.97 Å². The molecule has 1 N–H and O–H groups in total. The number of aromatic nitrogens is 2. The third-order valence-corrected chi connectivity index (χ3v) is 3.53. The Morgan fingerprint density at radius 2 is 1.84 bits per heavy atom. The smallest absolute Gasteiger partial charge is 0.310 e. The number of hydrogen-bond acceptors (Lipinski definition) is 5. The average molecular weight is 333 g/mol. The van der Waals surface area contributed by atoms with Crippen molar-refractivity contribution in [2.24, 2.45) is 0 Å². The topological polar surface area (TPSA) is 64.1 Å². The van der Waals surface area contributed by atoms with E-state index < -0.39 is 0 Å². The molecule has 0 aliphatic carbocycles. The Hall–Kier alpha value is -3.21. The van der Waals surface area contributed by atoms with Crippen molar-refractivity contribution >= 4 is 17.5 Å². The molecule has 0 saturated heterocycles. The standard InChI is InChI=1S/C20H19N3O2/c1-3-20(24)25-17-11-7-10-16(12-17)23-19-13-18(21-14(2)22-19)15-8-5-4-6-9-15/h4-13H,3H2,1-2H3,(H,21,22,23). The molecule has 0 fully saturated rings. The molecule has 0 aliphatic heterocycles. The van der Waals surface area contributed by atoms with Gasteiger partial charge in [0.2, 0.25) is 0 Å². The zero-order valence-corrected chi connectivity index (χ0v) is 14.2. The molecule has 0 aliphatic rings. The number of ether oxygens (including phenoxy) is 1. The number of aryl methyl sites for hydroxylation is 1. The minimum atomic E-state index is -0.263. The monoisotopic (exact) mass is 333 g/mol. The molecule has 5 heteroatoms. The van der Waals surface area contributed by atoms with Gasteiger partial charge in [0.1, 0.15) is 17.4 Å². The summed E-state index contributed by atoms with van der Waals surface area (Å²) in [7, 11) is 0. The number of carbonyl (C=O) groups is 1. The van der Waals surface area contributed by atoms with Crippen LogP contribution < -0.4 is 10.1 Å². The van der Waals surface area contributed by atoms with Gasteiger partial charge in [-0.25, -0.2) is 9.97 Å². The summed E-state index contributed by atoms with van der Waals surface area (Å²) in [5, 5.41) is 3.24. The van der Waals surface area contributed by atoms with Gasteiger partial charge < -0.3 is 10.1 Å². The molecule has 0 amide bonds. The van der Waals surface area contributed by atoms with E-state index in [1.165, 1.54) is 0 Å². The number of benzene rings is 2. The maximum Gasteiger partial charge on any atom is 0.310 e. The van der Waals surface area contributed by atoms with E-state index in [1.807, 2.05) is 55.5 Å². The highest BCUT2D eigenvalue weighted by Crippen LogP contribution is 2.24. The van der Waals surface area contributed by atoms with Gasteiger partial charge in [-0.15, -0.1) is 0 Å². The van der Waals surface area contributed by atoms with Gasteiger partial charge in [0.25, 0.3) is 0 Å². The molecule has 3 aromatic rings. The zero-order valence-electron chi connectivity index (χ0n) is 14.2. The van der Waals surface area contributed by atoms with E-state index in [4.69, 9.17) is 4.74 Å². The van der Waals surface area contributed by atoms with E-state index in [0.717, 1.165) is 16.9 Å². The molecule has 0 saturated carbocycles. The molecular weight excluding hydrogens is 314 g/mol. The van der Waals surface area contributed by atoms with E-state index in [9.17, 15) is 4.79 Å². The van der Waals surface area contributed by atoms with Gasteiger partial charge in [0.05, 0.1) is 5.69 Å². The van der Waals surface area contributed by atoms with Crippen molar-refractivity contribution in [3.8, 4) is 17.0 Å². The van der Waals surface area contributed by atoms with Crippen LogP contribution in [0.15, 0.2) is 60.7 Å². The van der Waals surface area contributed by atoms with Crippen molar-refractivity contribution in [3.63, 3.8) is 0 Å². The fraction of sp³-hybridized carbons (Fsp3) is 0.150. The molecule has 0 spiro atoms. The van der Waals surface area contributed by atoms with Crippen molar-refractivity contribution in [3.05, 3.63) is 66.5 Å². The molecular formula is C20H19N3O2. The molecule has 126 valence electrons. The van der Waals surface area contributed by atoms with Gasteiger partial charge in [0.15, 0.2) is 0 Å². The molecule has 0 unspecified atom stereocenters. The number of esters is 1. The number of nitrogens with zero attached hydrogens (tertiary/aromatic N) is 2. The second-order valence-electron chi connectivity index (χ2n) is 5.53. The van der Waals surface area contributed by atoms with E-state index in [0.29, 0.717) is 23.8 Å². The Labute approximate surface area is 146 Å². The SMILES string of the molecule is CCC(=O)Oc1cccc(Nc2cc(-c3ccccc3)nc(C)n2)c1. The van der Waals surface area contributed by atoms with E-state index in [1.54, 1.807) is 19.1 Å². The highest BCUT2D eigenvalue weighted by molar-refractivity contribution is 5.73. The van der Waals surface area contributed by atoms with Crippen LogP contribution in [0.25, 0.3) is 11.3 Å². The first-order valence-corrected chi connectivity index (χ1v) is 8.13. The summed E-state index contributed by atoms with van der Waals surface area (Å²) in [6.45, 7) is 3.62. The first kappa shape index (κ1) is 16.6. The molecule has 1 heterocycles. The lowest BCUT2D eigenvalue weighted by Crippen LogP contribution is -2.05. The Morgan fingerprint density at radius 3 is 2.60 bits per heavy atom. The molecule has 1 aromatic heterocycles. The number of carbonyl (C=O) groups excluding carboxylic acids is 1. The zero-order chi connectivity index (χ0) is 17.6. The highest BCUT2D eigenvalue weighted by Gasteiger charge is 2.06. The summed E-state index contributed by atoms with van der Waals surface area (Å²) in [6, 6.07) is 19.1. The average Bonchev–Trinajstić information content (AvgIpc) is 2.62. The van der Waals surface area contributed by atoms with Crippen LogP contribution in [0.1, 0.15) is 19.2 Å². The van der Waals surface area contributed by atoms with Gasteiger partial charge in [-0.2, -0.15) is 0 Å². The summed E-state index contributed by atoms with van der Waals surface area (Å²) < 4.78 is 5.25. The molecule has 0 radical (unpaired) electrons. The van der Waals surface area contributed by atoms with Crippen molar-refractivity contribution in [1.82, 2.24) is 9.97 Å². The predicted molar refractivity (Wildman–Crippen MR) is 97.9 cm³/mol. The molecule has 5 nitrogen and oxygen atoms in total. The van der Waals surface area contributed by atoms with Crippen LogP contribution >= 0.6 is 0 Å². The Kier molecular flexibility index (Phi) is 5.04. The van der Waals surface area contributed by atoms with Crippen molar-refractivity contribution < 1.29 is 9.53 Å². The molecule has 2 aromatic carbocycles. The van der Waals surface area contributed by atoms with Gasteiger partial charge >= 0.3 is 5.97 Å². The van der Waals surface area contributed by atoms with Crippen molar-refractivity contribution in [2.75, 3.05) is 5.32 Å². The summed E-state index contributed by atoms with van der Waals surface area (Å²) in [5.74, 6) is 1.61. The van der Waals surface area contributed by atoms with Gasteiger partial charge in [-0.3, -0.25) is 4.79 Å². The summed E-state index contributed by atoms with van der Waals surface area (Å²) in [4.78, 5) is 20.4. The lowest BCUT2D eigenvalue weighted by molar-refractivity contribution is -0.134. The van der Waals surface area contributed by atoms with Gasteiger partial charge in [0, 0.05) is 29.8 Å². The highest BCUT2D eigenvalue weighted by atomic mass is 16.5. The van der Waals surface area contributed by atoms with Crippen LogP contribution in [-0.2, 0) is 4.79 Å². The quantitative estimate of drug-likeness (QED) is 0.550. The van der Waals surface area contributed by atoms with E-state index in [2.05, 4.69) is 15.3 Å². The van der Waals surface area contributed by atoms with Crippen molar-refractivity contribution in [2.45, 2.75) is 20.3 Å². The minimum Gasteiger partial charge on any atom is -0.426 e. The van der Waals surface area contributed by atoms with Gasteiger partial charge in [-0.05, 0) is 19.1 Å². The van der Waals surface area contributed by atoms with Crippen LogP contribution in [0.5, 0.6) is 5.75 Å². The second kappa shape index (κ2) is 7.57. The maximum atomic E-state index is 11.4. The Balaban J connectivity index is 1.85. The largest absolute Gasteiger partial charge is 0.426 e. The molecule has 25 heavy (non-hydrogen) atoms. The summed E-state index contributed by atoms with van der Waals surface area (Å²) in [5.41, 5.74) is 2.67. The van der Waals surface area contributed by atoms with Crippen LogP contribution in [-0.4, -0.2) is 15.9 Å².